The van der Waals surface area contributed by atoms with Gasteiger partial charge in [-0.15, -0.1) is 0 Å². The van der Waals surface area contributed by atoms with E-state index in [4.69, 9.17) is 0 Å². The Bertz CT molecular complexity index is 554. The van der Waals surface area contributed by atoms with Crippen LogP contribution in [0.5, 0.6) is 0 Å². The minimum Gasteiger partial charge on any atom is -0.237 e. The predicted molar refractivity (Wildman–Crippen MR) is 93.1 cm³/mol. The van der Waals surface area contributed by atoms with Gasteiger partial charge in [0.05, 0.1) is 13.1 Å². The molecule has 0 aliphatic heterocycles. The van der Waals surface area contributed by atoms with E-state index in [1.165, 1.54) is 19.3 Å². The molecule has 2 heterocycles. The van der Waals surface area contributed by atoms with Crippen LogP contribution >= 0.6 is 0 Å². The third kappa shape index (κ3) is 5.22. The molecule has 128 valence electrons. The van der Waals surface area contributed by atoms with E-state index in [2.05, 4.69) is 97.3 Å². The van der Waals surface area contributed by atoms with Gasteiger partial charge in [-0.1, -0.05) is 0 Å². The predicted octanol–water partition coefficient (Wildman–Crippen LogP) is 3.25. The van der Waals surface area contributed by atoms with Crippen molar-refractivity contribution in [3.63, 3.8) is 0 Å². The number of nitrogens with zero attached hydrogens (tertiary/aromatic N) is 4. The van der Waals surface area contributed by atoms with Crippen molar-refractivity contribution >= 4 is 0 Å². The number of aryl methyl sites for hydroxylation is 2. The quantitative estimate of drug-likeness (QED) is 0.575. The lowest BCUT2D eigenvalue weighted by molar-refractivity contribution is -0.700. The smallest absolute Gasteiger partial charge is 0.237 e. The number of rotatable bonds is 6. The molecule has 0 unspecified atom stereocenters. The molecule has 0 atom stereocenters. The Labute approximate surface area is 141 Å². The fourth-order valence-electron chi connectivity index (χ4n) is 2.61. The summed E-state index contributed by atoms with van der Waals surface area (Å²) in [6.07, 6.45) is 16.9. The van der Waals surface area contributed by atoms with Gasteiger partial charge >= 0.3 is 0 Å². The summed E-state index contributed by atoms with van der Waals surface area (Å²) in [5.74, 6) is 0. The summed E-state index contributed by atoms with van der Waals surface area (Å²) in [6, 6.07) is 0. The molecule has 0 spiro atoms. The van der Waals surface area contributed by atoms with E-state index in [1.54, 1.807) is 0 Å². The first kappa shape index (κ1) is 17.8. The summed E-state index contributed by atoms with van der Waals surface area (Å²) in [6.45, 7) is 15.6. The minimum atomic E-state index is 0.169. The molecular formula is C19H34N4+2. The topological polar surface area (TPSA) is 17.6 Å². The van der Waals surface area contributed by atoms with Crippen LogP contribution in [0.1, 0.15) is 60.8 Å². The lowest BCUT2D eigenvalue weighted by Crippen LogP contribution is -2.34. The van der Waals surface area contributed by atoms with Gasteiger partial charge in [-0.25, -0.2) is 18.3 Å². The Hall–Kier alpha value is -1.58. The lowest BCUT2D eigenvalue weighted by Gasteiger charge is -2.13. The van der Waals surface area contributed by atoms with E-state index < -0.39 is 0 Å². The second-order valence-corrected chi connectivity index (χ2v) is 8.52. The van der Waals surface area contributed by atoms with Crippen molar-refractivity contribution in [3.8, 4) is 0 Å². The molecule has 0 saturated carbocycles. The third-order valence-corrected chi connectivity index (χ3v) is 4.26. The first-order valence-electron chi connectivity index (χ1n) is 8.81. The van der Waals surface area contributed by atoms with E-state index in [-0.39, 0.29) is 11.1 Å². The molecule has 2 aromatic heterocycles. The van der Waals surface area contributed by atoms with Gasteiger partial charge in [-0.2, -0.15) is 0 Å². The average molecular weight is 319 g/mol. The largest absolute Gasteiger partial charge is 0.244 e. The number of hydrogen-bond donors (Lipinski definition) is 0. The molecule has 4 nitrogen and oxygen atoms in total. The van der Waals surface area contributed by atoms with Crippen LogP contribution in [0.4, 0.5) is 0 Å². The van der Waals surface area contributed by atoms with Crippen molar-refractivity contribution in [1.29, 1.82) is 0 Å². The minimum absolute atomic E-state index is 0.169. The van der Waals surface area contributed by atoms with Crippen LogP contribution in [0.3, 0.4) is 0 Å². The molecule has 0 fully saturated rings. The maximum atomic E-state index is 2.30. The van der Waals surface area contributed by atoms with E-state index in [0.29, 0.717) is 0 Å². The molecule has 0 aromatic carbocycles. The highest BCUT2D eigenvalue weighted by atomic mass is 15.2. The summed E-state index contributed by atoms with van der Waals surface area (Å²) in [5.41, 5.74) is 0.338. The van der Waals surface area contributed by atoms with Gasteiger partial charge < -0.3 is 0 Å². The molecule has 0 aliphatic carbocycles. The van der Waals surface area contributed by atoms with Crippen molar-refractivity contribution in [1.82, 2.24) is 9.13 Å². The Morgan fingerprint density at radius 2 is 1.04 bits per heavy atom. The van der Waals surface area contributed by atoms with Crippen LogP contribution in [0.15, 0.2) is 37.4 Å². The molecule has 4 heteroatoms. The maximum Gasteiger partial charge on any atom is 0.244 e. The highest BCUT2D eigenvalue weighted by Crippen LogP contribution is 2.12. The lowest BCUT2D eigenvalue weighted by atomic mass is 10.1. The van der Waals surface area contributed by atoms with Gasteiger partial charge in [0.1, 0.15) is 35.9 Å². The number of unbranched alkanes of at least 4 members (excludes halogenated alkanes) is 2. The molecular weight excluding hydrogens is 284 g/mol. The van der Waals surface area contributed by atoms with Crippen molar-refractivity contribution in [3.05, 3.63) is 37.4 Å². The Morgan fingerprint density at radius 3 is 1.35 bits per heavy atom. The van der Waals surface area contributed by atoms with E-state index in [0.717, 1.165) is 13.1 Å². The average Bonchev–Trinajstić information content (AvgIpc) is 3.05. The molecule has 0 amide bonds. The Kier molecular flexibility index (Phi) is 5.33. The van der Waals surface area contributed by atoms with Gasteiger partial charge in [0.15, 0.2) is 0 Å². The summed E-state index contributed by atoms with van der Waals surface area (Å²) in [7, 11) is 0. The maximum absolute atomic E-state index is 2.30. The van der Waals surface area contributed by atoms with Crippen LogP contribution in [0, 0.1) is 0 Å². The van der Waals surface area contributed by atoms with E-state index in [1.807, 2.05) is 0 Å². The highest BCUT2D eigenvalue weighted by molar-refractivity contribution is 4.79. The second-order valence-electron chi connectivity index (χ2n) is 8.52. The first-order valence-corrected chi connectivity index (χ1v) is 8.81. The van der Waals surface area contributed by atoms with Gasteiger partial charge in [-0.05, 0) is 60.8 Å². The zero-order chi connectivity index (χ0) is 17.1. The summed E-state index contributed by atoms with van der Waals surface area (Å²) in [5, 5.41) is 0. The number of aromatic nitrogens is 4. The molecule has 0 radical (unpaired) electrons. The first-order chi connectivity index (χ1) is 10.7. The zero-order valence-corrected chi connectivity index (χ0v) is 15.8. The SMILES string of the molecule is CC(C)(C)n1cc[n+](CCCCC[n+]2ccn(C(C)(C)C)c2)c1. The molecule has 2 rings (SSSR count). The fraction of sp³-hybridized carbons (Fsp3) is 0.684. The van der Waals surface area contributed by atoms with Gasteiger partial charge in [-0.3, -0.25) is 0 Å². The second kappa shape index (κ2) is 6.90. The zero-order valence-electron chi connectivity index (χ0n) is 15.8. The highest BCUT2D eigenvalue weighted by Gasteiger charge is 2.19. The normalized spacial score (nSPS) is 12.8. The molecule has 2 aromatic rings. The summed E-state index contributed by atoms with van der Waals surface area (Å²) in [4.78, 5) is 0. The van der Waals surface area contributed by atoms with Crippen molar-refractivity contribution in [2.24, 2.45) is 0 Å². The van der Waals surface area contributed by atoms with Crippen molar-refractivity contribution in [2.75, 3.05) is 0 Å². The Morgan fingerprint density at radius 1 is 0.652 bits per heavy atom. The third-order valence-electron chi connectivity index (χ3n) is 4.26. The fourth-order valence-corrected chi connectivity index (χ4v) is 2.61. The standard InChI is InChI=1S/C19H34N4/c1-18(2,3)22-14-12-20(16-22)10-8-7-9-11-21-13-15-23(17-21)19(4,5)6/h12-17H,7-11H2,1-6H3/q+2. The van der Waals surface area contributed by atoms with Crippen molar-refractivity contribution < 1.29 is 9.13 Å². The van der Waals surface area contributed by atoms with Gasteiger partial charge in [0, 0.05) is 0 Å². The number of imidazole rings is 2. The Balaban J connectivity index is 1.70. The van der Waals surface area contributed by atoms with Crippen molar-refractivity contribution in [2.45, 2.75) is 85.0 Å². The van der Waals surface area contributed by atoms with Crippen LogP contribution < -0.4 is 9.13 Å². The molecule has 0 bridgehead atoms. The molecule has 0 N–H and O–H groups in total. The van der Waals surface area contributed by atoms with E-state index >= 15 is 0 Å². The molecule has 0 saturated heterocycles. The van der Waals surface area contributed by atoms with Gasteiger partial charge in [0.25, 0.3) is 0 Å². The van der Waals surface area contributed by atoms with Crippen LogP contribution in [0.25, 0.3) is 0 Å². The number of hydrogen-bond acceptors (Lipinski definition) is 0. The molecule has 0 aliphatic rings. The summed E-state index contributed by atoms with van der Waals surface area (Å²) < 4.78 is 9.15. The summed E-state index contributed by atoms with van der Waals surface area (Å²) >= 11 is 0. The van der Waals surface area contributed by atoms with Crippen LogP contribution in [0.2, 0.25) is 0 Å². The molecule has 23 heavy (non-hydrogen) atoms. The van der Waals surface area contributed by atoms with Crippen LogP contribution in [-0.4, -0.2) is 9.13 Å². The van der Waals surface area contributed by atoms with Gasteiger partial charge in [0.2, 0.25) is 12.7 Å². The monoisotopic (exact) mass is 318 g/mol. The van der Waals surface area contributed by atoms with Crippen LogP contribution in [-0.2, 0) is 24.2 Å². The van der Waals surface area contributed by atoms with E-state index in [9.17, 15) is 0 Å².